The lowest BCUT2D eigenvalue weighted by Gasteiger charge is -2.26. The van der Waals surface area contributed by atoms with E-state index in [1.807, 2.05) is 13.0 Å². The van der Waals surface area contributed by atoms with Crippen LogP contribution in [-0.4, -0.2) is 32.9 Å². The van der Waals surface area contributed by atoms with Crippen LogP contribution in [0.25, 0.3) is 0 Å². The van der Waals surface area contributed by atoms with Gasteiger partial charge in [-0.05, 0) is 38.1 Å². The molecule has 0 radical (unpaired) electrons. The summed E-state index contributed by atoms with van der Waals surface area (Å²) in [6.07, 6.45) is 2.73. The summed E-state index contributed by atoms with van der Waals surface area (Å²) >= 11 is 0. The van der Waals surface area contributed by atoms with E-state index in [1.165, 1.54) is 16.4 Å². The van der Waals surface area contributed by atoms with E-state index in [9.17, 15) is 12.8 Å². The SMILES string of the molecule is CNCc1ccc(F)cc1S(=O)(=O)N1CCC=C(C)C1. The number of rotatable bonds is 4. The van der Waals surface area contributed by atoms with Crippen LogP contribution in [0.4, 0.5) is 4.39 Å². The molecule has 20 heavy (non-hydrogen) atoms. The van der Waals surface area contributed by atoms with E-state index < -0.39 is 15.8 Å². The Balaban J connectivity index is 2.43. The molecule has 0 aliphatic carbocycles. The van der Waals surface area contributed by atoms with Crippen LogP contribution in [-0.2, 0) is 16.6 Å². The third kappa shape index (κ3) is 3.08. The highest BCUT2D eigenvalue weighted by Crippen LogP contribution is 2.24. The lowest BCUT2D eigenvalue weighted by molar-refractivity contribution is 0.426. The van der Waals surface area contributed by atoms with Crippen molar-refractivity contribution in [1.82, 2.24) is 9.62 Å². The van der Waals surface area contributed by atoms with Crippen LogP contribution in [0.5, 0.6) is 0 Å². The maximum atomic E-state index is 13.4. The second-order valence-electron chi connectivity index (χ2n) is 4.96. The van der Waals surface area contributed by atoms with Gasteiger partial charge >= 0.3 is 0 Å². The van der Waals surface area contributed by atoms with Crippen LogP contribution < -0.4 is 5.32 Å². The van der Waals surface area contributed by atoms with E-state index in [1.54, 1.807) is 7.05 Å². The summed E-state index contributed by atoms with van der Waals surface area (Å²) in [4.78, 5) is 0.0570. The van der Waals surface area contributed by atoms with Crippen molar-refractivity contribution in [2.75, 3.05) is 20.1 Å². The van der Waals surface area contributed by atoms with E-state index >= 15 is 0 Å². The molecule has 4 nitrogen and oxygen atoms in total. The predicted molar refractivity (Wildman–Crippen MR) is 76.3 cm³/mol. The fourth-order valence-corrected chi connectivity index (χ4v) is 4.06. The Bertz CT molecular complexity index is 626. The van der Waals surface area contributed by atoms with Crippen molar-refractivity contribution in [2.24, 2.45) is 0 Å². The topological polar surface area (TPSA) is 49.4 Å². The van der Waals surface area contributed by atoms with E-state index in [0.29, 0.717) is 31.6 Å². The van der Waals surface area contributed by atoms with E-state index in [2.05, 4.69) is 5.32 Å². The monoisotopic (exact) mass is 298 g/mol. The first kappa shape index (κ1) is 15.2. The molecule has 0 atom stereocenters. The molecule has 110 valence electrons. The molecule has 6 heteroatoms. The molecule has 2 rings (SSSR count). The minimum absolute atomic E-state index is 0.0570. The summed E-state index contributed by atoms with van der Waals surface area (Å²) in [6, 6.07) is 3.91. The molecular weight excluding hydrogens is 279 g/mol. The third-order valence-electron chi connectivity index (χ3n) is 3.31. The van der Waals surface area contributed by atoms with Crippen LogP contribution >= 0.6 is 0 Å². The molecule has 0 saturated heterocycles. The van der Waals surface area contributed by atoms with Gasteiger partial charge in [0.2, 0.25) is 10.0 Å². The first-order valence-electron chi connectivity index (χ1n) is 6.54. The highest BCUT2D eigenvalue weighted by Gasteiger charge is 2.28. The van der Waals surface area contributed by atoms with Gasteiger partial charge in [-0.2, -0.15) is 4.31 Å². The van der Waals surface area contributed by atoms with Crippen molar-refractivity contribution in [3.8, 4) is 0 Å². The summed E-state index contributed by atoms with van der Waals surface area (Å²) in [5.74, 6) is -0.535. The second-order valence-corrected chi connectivity index (χ2v) is 6.87. The van der Waals surface area contributed by atoms with Crippen LogP contribution in [0, 0.1) is 5.82 Å². The fourth-order valence-electron chi connectivity index (χ4n) is 2.33. The summed E-state index contributed by atoms with van der Waals surface area (Å²) in [5.41, 5.74) is 1.60. The minimum atomic E-state index is -3.66. The molecular formula is C14H19FN2O2S. The molecule has 0 aromatic heterocycles. The van der Waals surface area contributed by atoms with Gasteiger partial charge in [0.1, 0.15) is 5.82 Å². The van der Waals surface area contributed by atoms with Gasteiger partial charge in [0.05, 0.1) is 4.90 Å². The Morgan fingerprint density at radius 1 is 1.40 bits per heavy atom. The second kappa shape index (κ2) is 6.03. The van der Waals surface area contributed by atoms with E-state index in [-0.39, 0.29) is 4.90 Å². The van der Waals surface area contributed by atoms with E-state index in [0.717, 1.165) is 11.6 Å². The van der Waals surface area contributed by atoms with Crippen molar-refractivity contribution in [3.63, 3.8) is 0 Å². The van der Waals surface area contributed by atoms with Crippen LogP contribution in [0.2, 0.25) is 0 Å². The maximum absolute atomic E-state index is 13.4. The number of sulfonamides is 1. The molecule has 0 amide bonds. The average molecular weight is 298 g/mol. The van der Waals surface area contributed by atoms with Gasteiger partial charge in [0, 0.05) is 19.6 Å². The zero-order valence-electron chi connectivity index (χ0n) is 11.7. The molecule has 0 bridgehead atoms. The Kier molecular flexibility index (Phi) is 4.57. The number of hydrogen-bond acceptors (Lipinski definition) is 3. The van der Waals surface area contributed by atoms with E-state index in [4.69, 9.17) is 0 Å². The zero-order chi connectivity index (χ0) is 14.8. The largest absolute Gasteiger partial charge is 0.316 e. The fraction of sp³-hybridized carbons (Fsp3) is 0.429. The Hall–Kier alpha value is -1.24. The zero-order valence-corrected chi connectivity index (χ0v) is 12.5. The molecule has 0 spiro atoms. The highest BCUT2D eigenvalue weighted by molar-refractivity contribution is 7.89. The lowest BCUT2D eigenvalue weighted by Crippen LogP contribution is -2.36. The van der Waals surface area contributed by atoms with Crippen molar-refractivity contribution in [1.29, 1.82) is 0 Å². The van der Waals surface area contributed by atoms with Crippen molar-refractivity contribution >= 4 is 10.0 Å². The quantitative estimate of drug-likeness (QED) is 0.864. The van der Waals surface area contributed by atoms with Gasteiger partial charge in [0.15, 0.2) is 0 Å². The molecule has 1 aromatic carbocycles. The van der Waals surface area contributed by atoms with Crippen molar-refractivity contribution < 1.29 is 12.8 Å². The molecule has 0 saturated carbocycles. The van der Waals surface area contributed by atoms with Gasteiger partial charge in [0.25, 0.3) is 0 Å². The lowest BCUT2D eigenvalue weighted by atomic mass is 10.2. The normalized spacial score (nSPS) is 17.1. The number of nitrogens with zero attached hydrogens (tertiary/aromatic N) is 1. The first-order chi connectivity index (χ1) is 9.45. The minimum Gasteiger partial charge on any atom is -0.316 e. The standard InChI is InChI=1S/C14H19FN2O2S/c1-11-4-3-7-17(10-11)20(18,19)14-8-13(15)6-5-12(14)9-16-2/h4-6,8,16H,3,7,9-10H2,1-2H3. The predicted octanol–water partition coefficient (Wildman–Crippen LogP) is 1.89. The van der Waals surface area contributed by atoms with Crippen molar-refractivity contribution in [3.05, 3.63) is 41.2 Å². The molecule has 1 heterocycles. The van der Waals surface area contributed by atoms with Gasteiger partial charge in [-0.25, -0.2) is 12.8 Å². The third-order valence-corrected chi connectivity index (χ3v) is 5.24. The Labute approximate surface area is 119 Å². The first-order valence-corrected chi connectivity index (χ1v) is 7.98. The number of nitrogens with one attached hydrogen (secondary N) is 1. The van der Waals surface area contributed by atoms with Crippen LogP contribution in [0.3, 0.4) is 0 Å². The Morgan fingerprint density at radius 2 is 2.15 bits per heavy atom. The smallest absolute Gasteiger partial charge is 0.243 e. The molecule has 1 N–H and O–H groups in total. The molecule has 0 fully saturated rings. The summed E-state index contributed by atoms with van der Waals surface area (Å²) in [7, 11) is -1.93. The molecule has 1 aromatic rings. The summed E-state index contributed by atoms with van der Waals surface area (Å²) in [5, 5.41) is 2.91. The highest BCUT2D eigenvalue weighted by atomic mass is 32.2. The molecule has 1 aliphatic rings. The van der Waals surface area contributed by atoms with Crippen molar-refractivity contribution in [2.45, 2.75) is 24.8 Å². The average Bonchev–Trinajstić information content (AvgIpc) is 2.41. The molecule has 1 aliphatic heterocycles. The summed E-state index contributed by atoms with van der Waals surface area (Å²) in [6.45, 7) is 3.10. The van der Waals surface area contributed by atoms with Gasteiger partial charge in [-0.3, -0.25) is 0 Å². The van der Waals surface area contributed by atoms with Gasteiger partial charge in [-0.1, -0.05) is 17.7 Å². The molecule has 0 unspecified atom stereocenters. The van der Waals surface area contributed by atoms with Gasteiger partial charge < -0.3 is 5.32 Å². The number of benzene rings is 1. The Morgan fingerprint density at radius 3 is 2.80 bits per heavy atom. The van der Waals surface area contributed by atoms with Crippen LogP contribution in [0.1, 0.15) is 18.9 Å². The van der Waals surface area contributed by atoms with Crippen LogP contribution in [0.15, 0.2) is 34.7 Å². The maximum Gasteiger partial charge on any atom is 0.243 e. The number of halogens is 1. The van der Waals surface area contributed by atoms with Gasteiger partial charge in [-0.15, -0.1) is 0 Å². The number of hydrogen-bond donors (Lipinski definition) is 1. The summed E-state index contributed by atoms with van der Waals surface area (Å²) < 4.78 is 40.2.